The predicted octanol–water partition coefficient (Wildman–Crippen LogP) is 4.96. The van der Waals surface area contributed by atoms with Crippen LogP contribution in [0.2, 0.25) is 5.02 Å². The largest absolute Gasteiger partial charge is 0.457 e. The van der Waals surface area contributed by atoms with Gasteiger partial charge in [0.05, 0.1) is 10.5 Å². The van der Waals surface area contributed by atoms with E-state index in [1.54, 1.807) is 6.92 Å². The minimum atomic E-state index is -0.838. The summed E-state index contributed by atoms with van der Waals surface area (Å²) in [4.78, 5) is 37.1. The van der Waals surface area contributed by atoms with Crippen LogP contribution in [0.15, 0.2) is 71.1 Å². The fourth-order valence-corrected chi connectivity index (χ4v) is 4.46. The van der Waals surface area contributed by atoms with Gasteiger partial charge in [0, 0.05) is 46.5 Å². The van der Waals surface area contributed by atoms with Gasteiger partial charge in [-0.2, -0.15) is 0 Å². The van der Waals surface area contributed by atoms with Crippen LogP contribution < -0.4 is 5.32 Å². The number of halogens is 1. The third-order valence-electron chi connectivity index (χ3n) is 5.71. The summed E-state index contributed by atoms with van der Waals surface area (Å²) in [5.74, 6) is -1.54. The average molecular weight is 453 g/mol. The van der Waals surface area contributed by atoms with Crippen LogP contribution >= 0.6 is 11.6 Å². The number of allylic oxidation sites excluding steroid dienone is 3. The molecule has 2 aromatic rings. The Morgan fingerprint density at radius 3 is 2.69 bits per heavy atom. The molecule has 0 bridgehead atoms. The fourth-order valence-electron chi connectivity index (χ4n) is 4.23. The smallest absolute Gasteiger partial charge is 0.337 e. The lowest BCUT2D eigenvalue weighted by molar-refractivity contribution is -0.384. The number of ether oxygens (including phenoxy) is 1. The van der Waals surface area contributed by atoms with E-state index in [1.807, 2.05) is 30.3 Å². The number of nitro benzene ring substituents is 1. The van der Waals surface area contributed by atoms with Crippen LogP contribution in [0.3, 0.4) is 0 Å². The Hall–Kier alpha value is -3.45. The maximum atomic E-state index is 13.2. The number of ketones is 1. The molecule has 1 atom stereocenters. The molecule has 0 amide bonds. The highest BCUT2D eigenvalue weighted by Crippen LogP contribution is 2.45. The van der Waals surface area contributed by atoms with Crippen molar-refractivity contribution in [1.82, 2.24) is 5.32 Å². The Labute approximate surface area is 189 Å². The average Bonchev–Trinajstić information content (AvgIpc) is 2.77. The van der Waals surface area contributed by atoms with E-state index in [1.165, 1.54) is 18.2 Å². The second kappa shape index (κ2) is 8.96. The summed E-state index contributed by atoms with van der Waals surface area (Å²) >= 11 is 6.45. The lowest BCUT2D eigenvalue weighted by Gasteiger charge is -2.34. The van der Waals surface area contributed by atoms with E-state index in [2.05, 4.69) is 5.32 Å². The van der Waals surface area contributed by atoms with Gasteiger partial charge < -0.3 is 10.1 Å². The SMILES string of the molecule is CC1=C(C(=O)OCc2ccccc2)[C@H](c2cc([N+](=O)[O-])ccc2Cl)C2=C(CCCC2=O)N1. The molecule has 0 aromatic heterocycles. The highest BCUT2D eigenvalue weighted by Gasteiger charge is 2.40. The number of carbonyl (C=O) groups is 2. The normalized spacial score (nSPS) is 18.2. The van der Waals surface area contributed by atoms with Crippen molar-refractivity contribution in [2.75, 3.05) is 0 Å². The molecule has 1 heterocycles. The first kappa shape index (κ1) is 21.8. The van der Waals surface area contributed by atoms with Crippen molar-refractivity contribution in [2.45, 2.75) is 38.7 Å². The molecule has 2 aromatic carbocycles. The van der Waals surface area contributed by atoms with Gasteiger partial charge in [0.15, 0.2) is 5.78 Å². The van der Waals surface area contributed by atoms with E-state index in [0.29, 0.717) is 36.1 Å². The summed E-state index contributed by atoms with van der Waals surface area (Å²) < 4.78 is 5.57. The number of nitrogens with one attached hydrogen (secondary N) is 1. The van der Waals surface area contributed by atoms with E-state index in [4.69, 9.17) is 16.3 Å². The summed E-state index contributed by atoms with van der Waals surface area (Å²) in [6.07, 6.45) is 1.68. The minimum Gasteiger partial charge on any atom is -0.457 e. The Balaban J connectivity index is 1.79. The van der Waals surface area contributed by atoms with E-state index in [9.17, 15) is 19.7 Å². The predicted molar refractivity (Wildman–Crippen MR) is 119 cm³/mol. The maximum absolute atomic E-state index is 13.2. The molecule has 0 spiro atoms. The first-order chi connectivity index (χ1) is 15.4. The van der Waals surface area contributed by atoms with Crippen LogP contribution in [0.25, 0.3) is 0 Å². The molecule has 164 valence electrons. The monoisotopic (exact) mass is 452 g/mol. The number of non-ortho nitro benzene ring substituents is 1. The van der Waals surface area contributed by atoms with Crippen LogP contribution in [0.5, 0.6) is 0 Å². The molecule has 1 aliphatic heterocycles. The van der Waals surface area contributed by atoms with E-state index in [-0.39, 0.29) is 28.7 Å². The van der Waals surface area contributed by atoms with E-state index in [0.717, 1.165) is 11.3 Å². The molecule has 0 fully saturated rings. The Morgan fingerprint density at radius 1 is 1.22 bits per heavy atom. The summed E-state index contributed by atoms with van der Waals surface area (Å²) in [5.41, 5.74) is 2.93. The van der Waals surface area contributed by atoms with Gasteiger partial charge in [-0.3, -0.25) is 14.9 Å². The number of dihydropyridines is 1. The van der Waals surface area contributed by atoms with Crippen LogP contribution in [-0.2, 0) is 20.9 Å². The first-order valence-corrected chi connectivity index (χ1v) is 10.6. The number of hydrogen-bond acceptors (Lipinski definition) is 6. The molecule has 1 aliphatic carbocycles. The molecule has 1 N–H and O–H groups in total. The van der Waals surface area contributed by atoms with Gasteiger partial charge in [0.25, 0.3) is 5.69 Å². The number of hydrogen-bond donors (Lipinski definition) is 1. The lowest BCUT2D eigenvalue weighted by Crippen LogP contribution is -2.34. The van der Waals surface area contributed by atoms with Gasteiger partial charge >= 0.3 is 5.97 Å². The quantitative estimate of drug-likeness (QED) is 0.391. The van der Waals surface area contributed by atoms with Crippen molar-refractivity contribution >= 4 is 29.0 Å². The van der Waals surface area contributed by atoms with Crippen LogP contribution in [0.4, 0.5) is 5.69 Å². The molecule has 0 saturated carbocycles. The van der Waals surface area contributed by atoms with Crippen molar-refractivity contribution in [1.29, 1.82) is 0 Å². The number of benzene rings is 2. The number of rotatable bonds is 5. The molecular weight excluding hydrogens is 432 g/mol. The molecule has 32 heavy (non-hydrogen) atoms. The van der Waals surface area contributed by atoms with Gasteiger partial charge in [0.1, 0.15) is 6.61 Å². The summed E-state index contributed by atoms with van der Waals surface area (Å²) in [6, 6.07) is 13.3. The van der Waals surface area contributed by atoms with Crippen molar-refractivity contribution in [3.63, 3.8) is 0 Å². The zero-order valence-corrected chi connectivity index (χ0v) is 18.1. The number of nitro groups is 1. The standard InChI is InChI=1S/C24H21ClN2O5/c1-14-21(24(29)32-13-15-6-3-2-4-7-15)22(23-19(26-14)8-5-9-20(23)28)17-12-16(27(30)31)10-11-18(17)25/h2-4,6-7,10-12,22,26H,5,8-9,13H2,1H3/t22-/m0/s1. The molecule has 7 nitrogen and oxygen atoms in total. The Kier molecular flexibility index (Phi) is 6.10. The van der Waals surface area contributed by atoms with Gasteiger partial charge in [0.2, 0.25) is 0 Å². The number of Topliss-reactive ketones (excluding diaryl/α,β-unsaturated/α-hetero) is 1. The summed E-state index contributed by atoms with van der Waals surface area (Å²) in [5, 5.41) is 14.8. The Morgan fingerprint density at radius 2 is 1.97 bits per heavy atom. The second-order valence-corrected chi connectivity index (χ2v) is 8.20. The molecule has 0 saturated heterocycles. The van der Waals surface area contributed by atoms with Gasteiger partial charge in [-0.1, -0.05) is 41.9 Å². The first-order valence-electron chi connectivity index (χ1n) is 10.3. The van der Waals surface area contributed by atoms with E-state index >= 15 is 0 Å². The molecule has 2 aliphatic rings. The third-order valence-corrected chi connectivity index (χ3v) is 6.05. The minimum absolute atomic E-state index is 0.0612. The highest BCUT2D eigenvalue weighted by molar-refractivity contribution is 6.31. The number of carbonyl (C=O) groups excluding carboxylic acids is 2. The van der Waals surface area contributed by atoms with Gasteiger partial charge in [-0.05, 0) is 37.0 Å². The zero-order chi connectivity index (χ0) is 22.8. The molecule has 8 heteroatoms. The number of nitrogens with zero attached hydrogens (tertiary/aromatic N) is 1. The van der Waals surface area contributed by atoms with Crippen molar-refractivity contribution in [3.8, 4) is 0 Å². The van der Waals surface area contributed by atoms with Crippen molar-refractivity contribution in [3.05, 3.63) is 97.3 Å². The van der Waals surface area contributed by atoms with Crippen LogP contribution in [0, 0.1) is 10.1 Å². The van der Waals surface area contributed by atoms with Crippen molar-refractivity contribution < 1.29 is 19.2 Å². The maximum Gasteiger partial charge on any atom is 0.337 e. The third kappa shape index (κ3) is 4.16. The molecule has 0 unspecified atom stereocenters. The van der Waals surface area contributed by atoms with Crippen LogP contribution in [-0.4, -0.2) is 16.7 Å². The zero-order valence-electron chi connectivity index (χ0n) is 17.4. The number of esters is 1. The molecule has 4 rings (SSSR count). The lowest BCUT2D eigenvalue weighted by atomic mass is 9.75. The van der Waals surface area contributed by atoms with E-state index < -0.39 is 16.8 Å². The topological polar surface area (TPSA) is 98.5 Å². The fraction of sp³-hybridized carbons (Fsp3) is 0.250. The van der Waals surface area contributed by atoms with Gasteiger partial charge in [-0.25, -0.2) is 4.79 Å². The Bertz CT molecular complexity index is 1170. The van der Waals surface area contributed by atoms with Crippen LogP contribution in [0.1, 0.15) is 43.2 Å². The van der Waals surface area contributed by atoms with Crippen molar-refractivity contribution in [2.24, 2.45) is 0 Å². The second-order valence-electron chi connectivity index (χ2n) is 7.79. The summed E-state index contributed by atoms with van der Waals surface area (Å²) in [7, 11) is 0. The molecular formula is C24H21ClN2O5. The molecule has 0 radical (unpaired) electrons. The summed E-state index contributed by atoms with van der Waals surface area (Å²) in [6.45, 7) is 1.80. The van der Waals surface area contributed by atoms with Gasteiger partial charge in [-0.15, -0.1) is 0 Å². The highest BCUT2D eigenvalue weighted by atomic mass is 35.5.